The van der Waals surface area contributed by atoms with Gasteiger partial charge in [0.1, 0.15) is 17.9 Å². The number of methoxy groups -OCH3 is 1. The normalized spacial score (nSPS) is 11.2. The zero-order chi connectivity index (χ0) is 13.8. The molecule has 1 aromatic heterocycles. The number of aromatic nitrogens is 1. The molecule has 0 radical (unpaired) electrons. The molecule has 0 unspecified atom stereocenters. The molecule has 19 heavy (non-hydrogen) atoms. The fourth-order valence-corrected chi connectivity index (χ4v) is 1.85. The van der Waals surface area contributed by atoms with Crippen LogP contribution in [0.5, 0.6) is 5.75 Å². The first-order chi connectivity index (χ1) is 9.11. The van der Waals surface area contributed by atoms with Gasteiger partial charge in [0.15, 0.2) is 0 Å². The highest BCUT2D eigenvalue weighted by molar-refractivity contribution is 5.80. The van der Waals surface area contributed by atoms with Crippen LogP contribution in [-0.4, -0.2) is 25.3 Å². The Bertz CT molecular complexity index is 618. The Morgan fingerprint density at radius 1 is 1.32 bits per heavy atom. The van der Waals surface area contributed by atoms with Crippen molar-refractivity contribution in [3.63, 3.8) is 0 Å². The summed E-state index contributed by atoms with van der Waals surface area (Å²) in [5, 5.41) is 0.810. The predicted molar refractivity (Wildman–Crippen MR) is 71.7 cm³/mol. The third-order valence-electron chi connectivity index (χ3n) is 2.74. The topological polar surface area (TPSA) is 61.6 Å². The van der Waals surface area contributed by atoms with Gasteiger partial charge in [0.25, 0.3) is 0 Å². The van der Waals surface area contributed by atoms with Crippen LogP contribution in [0.3, 0.4) is 0 Å². The molecule has 102 valence electrons. The molecule has 2 aromatic rings. The van der Waals surface area contributed by atoms with Gasteiger partial charge in [0, 0.05) is 12.5 Å². The summed E-state index contributed by atoms with van der Waals surface area (Å²) in [6, 6.07) is 5.34. The van der Waals surface area contributed by atoms with E-state index in [9.17, 15) is 4.79 Å². The van der Waals surface area contributed by atoms with Crippen LogP contribution in [0.15, 0.2) is 27.4 Å². The van der Waals surface area contributed by atoms with Gasteiger partial charge in [-0.1, -0.05) is 13.8 Å². The Hall–Kier alpha value is -1.88. The van der Waals surface area contributed by atoms with Crippen LogP contribution in [0.4, 0.5) is 0 Å². The molecule has 0 spiro atoms. The SMILES string of the molecule is COCCOc1ccc2oc(=O)nc(C(C)C)c2c1. The van der Waals surface area contributed by atoms with Gasteiger partial charge < -0.3 is 13.9 Å². The lowest BCUT2D eigenvalue weighted by Crippen LogP contribution is -2.09. The molecule has 2 rings (SSSR count). The highest BCUT2D eigenvalue weighted by Gasteiger charge is 2.11. The molecular weight excluding hydrogens is 246 g/mol. The molecule has 1 heterocycles. The van der Waals surface area contributed by atoms with Crippen LogP contribution in [0, 0.1) is 0 Å². The van der Waals surface area contributed by atoms with Gasteiger partial charge in [-0.05, 0) is 24.1 Å². The lowest BCUT2D eigenvalue weighted by molar-refractivity contribution is 0.146. The highest BCUT2D eigenvalue weighted by atomic mass is 16.5. The van der Waals surface area contributed by atoms with E-state index in [1.165, 1.54) is 0 Å². The van der Waals surface area contributed by atoms with Crippen molar-refractivity contribution < 1.29 is 13.9 Å². The maximum absolute atomic E-state index is 11.4. The van der Waals surface area contributed by atoms with Gasteiger partial charge in [-0.3, -0.25) is 0 Å². The lowest BCUT2D eigenvalue weighted by atomic mass is 10.1. The standard InChI is InChI=1S/C14H17NO4/c1-9(2)13-11-8-10(18-7-6-17-3)4-5-12(11)19-14(16)15-13/h4-5,8-9H,6-7H2,1-3H3. The maximum Gasteiger partial charge on any atom is 0.439 e. The largest absolute Gasteiger partial charge is 0.491 e. The quantitative estimate of drug-likeness (QED) is 0.775. The minimum Gasteiger partial charge on any atom is -0.491 e. The molecule has 5 heteroatoms. The summed E-state index contributed by atoms with van der Waals surface area (Å²) in [7, 11) is 1.62. The first-order valence-corrected chi connectivity index (χ1v) is 6.18. The van der Waals surface area contributed by atoms with Crippen LogP contribution in [0.25, 0.3) is 11.0 Å². The molecule has 0 aliphatic carbocycles. The van der Waals surface area contributed by atoms with Crippen LogP contribution in [0.1, 0.15) is 25.5 Å². The highest BCUT2D eigenvalue weighted by Crippen LogP contribution is 2.25. The lowest BCUT2D eigenvalue weighted by Gasteiger charge is -2.09. The number of nitrogens with zero attached hydrogens (tertiary/aromatic N) is 1. The minimum atomic E-state index is -0.566. The molecule has 1 aromatic carbocycles. The van der Waals surface area contributed by atoms with Crippen molar-refractivity contribution in [3.8, 4) is 5.75 Å². The minimum absolute atomic E-state index is 0.140. The van der Waals surface area contributed by atoms with Crippen molar-refractivity contribution in [2.45, 2.75) is 19.8 Å². The monoisotopic (exact) mass is 263 g/mol. The summed E-state index contributed by atoms with van der Waals surface area (Å²) < 4.78 is 15.6. The average molecular weight is 263 g/mol. The van der Waals surface area contributed by atoms with E-state index >= 15 is 0 Å². The van der Waals surface area contributed by atoms with Crippen molar-refractivity contribution in [1.29, 1.82) is 0 Å². The molecule has 0 bridgehead atoms. The van der Waals surface area contributed by atoms with Gasteiger partial charge >= 0.3 is 5.76 Å². The molecule has 0 saturated carbocycles. The third kappa shape index (κ3) is 3.12. The fraction of sp³-hybridized carbons (Fsp3) is 0.429. The van der Waals surface area contributed by atoms with Gasteiger partial charge in [-0.25, -0.2) is 4.79 Å². The van der Waals surface area contributed by atoms with E-state index in [-0.39, 0.29) is 5.92 Å². The smallest absolute Gasteiger partial charge is 0.439 e. The molecule has 0 fully saturated rings. The second-order valence-corrected chi connectivity index (χ2v) is 4.52. The zero-order valence-electron chi connectivity index (χ0n) is 11.3. The second-order valence-electron chi connectivity index (χ2n) is 4.52. The summed E-state index contributed by atoms with van der Waals surface area (Å²) >= 11 is 0. The summed E-state index contributed by atoms with van der Waals surface area (Å²) in [4.78, 5) is 15.3. The summed E-state index contributed by atoms with van der Waals surface area (Å²) in [6.45, 7) is 4.97. The van der Waals surface area contributed by atoms with E-state index in [1.807, 2.05) is 19.9 Å². The van der Waals surface area contributed by atoms with E-state index in [2.05, 4.69) is 4.98 Å². The Labute approximate surface area is 111 Å². The second kappa shape index (κ2) is 5.84. The number of fused-ring (bicyclic) bond motifs is 1. The van der Waals surface area contributed by atoms with E-state index in [4.69, 9.17) is 13.9 Å². The van der Waals surface area contributed by atoms with Crippen LogP contribution in [-0.2, 0) is 4.74 Å². The van der Waals surface area contributed by atoms with Crippen LogP contribution in [0.2, 0.25) is 0 Å². The molecule has 0 aliphatic heterocycles. The number of benzene rings is 1. The molecule has 0 amide bonds. The Kier molecular flexibility index (Phi) is 4.16. The Morgan fingerprint density at radius 3 is 2.79 bits per heavy atom. The van der Waals surface area contributed by atoms with Crippen molar-refractivity contribution in [2.24, 2.45) is 0 Å². The van der Waals surface area contributed by atoms with E-state index in [1.54, 1.807) is 19.2 Å². The molecule has 0 atom stereocenters. The van der Waals surface area contributed by atoms with Crippen molar-refractivity contribution in [1.82, 2.24) is 4.98 Å². The summed E-state index contributed by atoms with van der Waals surface area (Å²) in [6.07, 6.45) is 0. The van der Waals surface area contributed by atoms with Gasteiger partial charge in [0.05, 0.1) is 12.3 Å². The maximum atomic E-state index is 11.4. The zero-order valence-corrected chi connectivity index (χ0v) is 11.3. The van der Waals surface area contributed by atoms with E-state index in [0.717, 1.165) is 11.1 Å². The third-order valence-corrected chi connectivity index (χ3v) is 2.74. The summed E-state index contributed by atoms with van der Waals surface area (Å²) in [5.41, 5.74) is 1.26. The number of hydrogen-bond donors (Lipinski definition) is 0. The first kappa shape index (κ1) is 13.5. The molecule has 0 N–H and O–H groups in total. The van der Waals surface area contributed by atoms with E-state index in [0.29, 0.717) is 24.5 Å². The summed E-state index contributed by atoms with van der Waals surface area (Å²) in [5.74, 6) is 0.284. The predicted octanol–water partition coefficient (Wildman–Crippen LogP) is 2.34. The van der Waals surface area contributed by atoms with Gasteiger partial charge in [-0.2, -0.15) is 4.98 Å². The van der Waals surface area contributed by atoms with Crippen molar-refractivity contribution in [3.05, 3.63) is 34.4 Å². The van der Waals surface area contributed by atoms with Crippen molar-refractivity contribution >= 4 is 11.0 Å². The fourth-order valence-electron chi connectivity index (χ4n) is 1.85. The molecule has 5 nitrogen and oxygen atoms in total. The molecule has 0 saturated heterocycles. The molecular formula is C14H17NO4. The van der Waals surface area contributed by atoms with Crippen LogP contribution < -0.4 is 10.5 Å². The van der Waals surface area contributed by atoms with Gasteiger partial charge in [-0.15, -0.1) is 0 Å². The van der Waals surface area contributed by atoms with E-state index < -0.39 is 5.76 Å². The average Bonchev–Trinajstić information content (AvgIpc) is 2.38. The van der Waals surface area contributed by atoms with Crippen LogP contribution >= 0.6 is 0 Å². The first-order valence-electron chi connectivity index (χ1n) is 6.18. The molecule has 0 aliphatic rings. The van der Waals surface area contributed by atoms with Gasteiger partial charge in [0.2, 0.25) is 0 Å². The van der Waals surface area contributed by atoms with Crippen molar-refractivity contribution in [2.75, 3.05) is 20.3 Å². The number of hydrogen-bond acceptors (Lipinski definition) is 5. The number of rotatable bonds is 5. The number of ether oxygens (including phenoxy) is 2. The Morgan fingerprint density at radius 2 is 2.11 bits per heavy atom. The Balaban J connectivity index is 2.42.